The van der Waals surface area contributed by atoms with Crippen molar-refractivity contribution < 1.29 is 14.3 Å². The van der Waals surface area contributed by atoms with E-state index in [0.717, 1.165) is 34.5 Å². The maximum absolute atomic E-state index is 12.7. The number of aromatic nitrogens is 1. The van der Waals surface area contributed by atoms with Crippen molar-refractivity contribution in [3.63, 3.8) is 0 Å². The van der Waals surface area contributed by atoms with Gasteiger partial charge in [-0.25, -0.2) is 4.98 Å². The van der Waals surface area contributed by atoms with Gasteiger partial charge in [0.05, 0.1) is 21.6 Å². The Bertz CT molecular complexity index is 745. The SMILES string of the molecule is C[C@@H]1CCC[C@@H](C)N1C(=O)[C@@H](C)OC(=O)CCc1nc2ccccc2s1. The van der Waals surface area contributed by atoms with Crippen molar-refractivity contribution >= 4 is 33.4 Å². The lowest BCUT2D eigenvalue weighted by Crippen LogP contribution is -2.51. The summed E-state index contributed by atoms with van der Waals surface area (Å²) in [5, 5.41) is 0.917. The molecule has 1 aliphatic heterocycles. The van der Waals surface area contributed by atoms with Crippen molar-refractivity contribution in [3.05, 3.63) is 29.3 Å². The van der Waals surface area contributed by atoms with Gasteiger partial charge in [-0.1, -0.05) is 12.1 Å². The van der Waals surface area contributed by atoms with Crippen LogP contribution < -0.4 is 0 Å². The molecule has 0 saturated carbocycles. The number of esters is 1. The molecule has 2 heterocycles. The van der Waals surface area contributed by atoms with Crippen molar-refractivity contribution in [2.75, 3.05) is 0 Å². The molecule has 140 valence electrons. The molecule has 1 aliphatic rings. The molecule has 2 aromatic rings. The van der Waals surface area contributed by atoms with Gasteiger partial charge >= 0.3 is 5.97 Å². The minimum Gasteiger partial charge on any atom is -0.453 e. The number of likely N-dealkylation sites (tertiary alicyclic amines) is 1. The van der Waals surface area contributed by atoms with Gasteiger partial charge in [-0.2, -0.15) is 0 Å². The smallest absolute Gasteiger partial charge is 0.306 e. The Balaban J connectivity index is 1.52. The second kappa shape index (κ2) is 8.16. The monoisotopic (exact) mass is 374 g/mol. The number of piperidine rings is 1. The van der Waals surface area contributed by atoms with E-state index in [1.54, 1.807) is 18.3 Å². The zero-order valence-electron chi connectivity index (χ0n) is 15.6. The van der Waals surface area contributed by atoms with Gasteiger partial charge in [-0.3, -0.25) is 9.59 Å². The first-order chi connectivity index (χ1) is 12.5. The summed E-state index contributed by atoms with van der Waals surface area (Å²) in [4.78, 5) is 31.3. The number of hydrogen-bond acceptors (Lipinski definition) is 5. The third-order valence-corrected chi connectivity index (χ3v) is 6.08. The molecule has 6 heteroatoms. The van der Waals surface area contributed by atoms with Gasteiger partial charge in [0.1, 0.15) is 0 Å². The third kappa shape index (κ3) is 4.23. The topological polar surface area (TPSA) is 59.5 Å². The molecule has 1 amide bonds. The first kappa shape index (κ1) is 18.8. The van der Waals surface area contributed by atoms with E-state index in [1.807, 2.05) is 29.2 Å². The summed E-state index contributed by atoms with van der Waals surface area (Å²) in [6.45, 7) is 5.80. The molecule has 0 N–H and O–H groups in total. The van der Waals surface area contributed by atoms with E-state index in [2.05, 4.69) is 18.8 Å². The Hall–Kier alpha value is -1.95. The van der Waals surface area contributed by atoms with Gasteiger partial charge in [-0.15, -0.1) is 11.3 Å². The molecular weight excluding hydrogens is 348 g/mol. The van der Waals surface area contributed by atoms with Crippen molar-refractivity contribution in [2.24, 2.45) is 0 Å². The molecule has 0 unspecified atom stereocenters. The lowest BCUT2D eigenvalue weighted by Gasteiger charge is -2.40. The maximum atomic E-state index is 12.7. The number of benzene rings is 1. The van der Waals surface area contributed by atoms with Gasteiger partial charge in [0.25, 0.3) is 5.91 Å². The highest BCUT2D eigenvalue weighted by Crippen LogP contribution is 2.24. The zero-order chi connectivity index (χ0) is 18.7. The van der Waals surface area contributed by atoms with Crippen molar-refractivity contribution in [3.8, 4) is 0 Å². The maximum Gasteiger partial charge on any atom is 0.306 e. The number of hydrogen-bond donors (Lipinski definition) is 0. The van der Waals surface area contributed by atoms with E-state index in [4.69, 9.17) is 4.74 Å². The Labute approximate surface area is 158 Å². The number of fused-ring (bicyclic) bond motifs is 1. The Morgan fingerprint density at radius 3 is 2.65 bits per heavy atom. The van der Waals surface area contributed by atoms with Crippen LogP contribution in [-0.4, -0.2) is 39.9 Å². The molecule has 1 aromatic heterocycles. The first-order valence-corrected chi connectivity index (χ1v) is 10.1. The van der Waals surface area contributed by atoms with Gasteiger partial charge < -0.3 is 9.64 Å². The molecule has 1 saturated heterocycles. The number of thiazole rings is 1. The summed E-state index contributed by atoms with van der Waals surface area (Å²) in [6, 6.07) is 8.33. The fourth-order valence-corrected chi connectivity index (χ4v) is 4.57. The van der Waals surface area contributed by atoms with Crippen LogP contribution in [0.2, 0.25) is 0 Å². The van der Waals surface area contributed by atoms with E-state index >= 15 is 0 Å². The summed E-state index contributed by atoms with van der Waals surface area (Å²) >= 11 is 1.59. The van der Waals surface area contributed by atoms with Gasteiger partial charge in [0, 0.05) is 18.5 Å². The Morgan fingerprint density at radius 1 is 1.27 bits per heavy atom. The standard InChI is InChI=1S/C20H26N2O3S/c1-13-7-6-8-14(2)22(13)20(24)15(3)25-19(23)12-11-18-21-16-9-4-5-10-17(16)26-18/h4-5,9-10,13-15H,6-8,11-12H2,1-3H3/t13-,14-,15-/m1/s1. The third-order valence-electron chi connectivity index (χ3n) is 4.99. The minimum absolute atomic E-state index is 0.0852. The van der Waals surface area contributed by atoms with Gasteiger partial charge in [-0.05, 0) is 52.2 Å². The summed E-state index contributed by atoms with van der Waals surface area (Å²) in [7, 11) is 0. The fourth-order valence-electron chi connectivity index (χ4n) is 3.61. The number of amides is 1. The molecule has 1 fully saturated rings. The molecule has 26 heavy (non-hydrogen) atoms. The molecular formula is C20H26N2O3S. The Kier molecular flexibility index (Phi) is 5.91. The van der Waals surface area contributed by atoms with Crippen LogP contribution in [0.5, 0.6) is 0 Å². The molecule has 5 nitrogen and oxygen atoms in total. The highest BCUT2D eigenvalue weighted by molar-refractivity contribution is 7.18. The Morgan fingerprint density at radius 2 is 1.96 bits per heavy atom. The number of aryl methyl sites for hydroxylation is 1. The van der Waals surface area contributed by atoms with E-state index in [-0.39, 0.29) is 30.4 Å². The predicted molar refractivity (Wildman–Crippen MR) is 103 cm³/mol. The van der Waals surface area contributed by atoms with Crippen LogP contribution in [0.15, 0.2) is 24.3 Å². The number of para-hydroxylation sites is 1. The lowest BCUT2D eigenvalue weighted by atomic mass is 9.97. The molecule has 1 aromatic carbocycles. The highest BCUT2D eigenvalue weighted by atomic mass is 32.1. The molecule has 0 radical (unpaired) electrons. The first-order valence-electron chi connectivity index (χ1n) is 9.32. The summed E-state index contributed by atoms with van der Waals surface area (Å²) in [6.07, 6.45) is 3.20. The quantitative estimate of drug-likeness (QED) is 0.744. The number of carbonyl (C=O) groups is 2. The van der Waals surface area contributed by atoms with E-state index < -0.39 is 6.10 Å². The van der Waals surface area contributed by atoms with E-state index in [0.29, 0.717) is 6.42 Å². The minimum atomic E-state index is -0.735. The van der Waals surface area contributed by atoms with Crippen LogP contribution in [-0.2, 0) is 20.7 Å². The normalized spacial score (nSPS) is 21.6. The number of nitrogens with zero attached hydrogens (tertiary/aromatic N) is 2. The van der Waals surface area contributed by atoms with Gasteiger partial charge in [0.15, 0.2) is 6.10 Å². The molecule has 0 aliphatic carbocycles. The van der Waals surface area contributed by atoms with E-state index in [1.165, 1.54) is 0 Å². The van der Waals surface area contributed by atoms with Crippen LogP contribution in [0.3, 0.4) is 0 Å². The molecule has 3 rings (SSSR count). The highest BCUT2D eigenvalue weighted by Gasteiger charge is 2.33. The fraction of sp³-hybridized carbons (Fsp3) is 0.550. The van der Waals surface area contributed by atoms with Crippen LogP contribution in [0, 0.1) is 0 Å². The van der Waals surface area contributed by atoms with E-state index in [9.17, 15) is 9.59 Å². The second-order valence-electron chi connectivity index (χ2n) is 7.08. The lowest BCUT2D eigenvalue weighted by molar-refractivity contribution is -0.162. The number of ether oxygens (including phenoxy) is 1. The summed E-state index contributed by atoms with van der Waals surface area (Å²) < 4.78 is 6.52. The van der Waals surface area contributed by atoms with Crippen LogP contribution in [0.4, 0.5) is 0 Å². The average Bonchev–Trinajstić information content (AvgIpc) is 3.02. The zero-order valence-corrected chi connectivity index (χ0v) is 16.4. The number of carbonyl (C=O) groups excluding carboxylic acids is 2. The second-order valence-corrected chi connectivity index (χ2v) is 8.20. The van der Waals surface area contributed by atoms with Crippen LogP contribution in [0.25, 0.3) is 10.2 Å². The van der Waals surface area contributed by atoms with Gasteiger partial charge in [0.2, 0.25) is 0 Å². The average molecular weight is 375 g/mol. The van der Waals surface area contributed by atoms with Crippen molar-refractivity contribution in [1.82, 2.24) is 9.88 Å². The van der Waals surface area contributed by atoms with Crippen molar-refractivity contribution in [2.45, 2.75) is 71.1 Å². The van der Waals surface area contributed by atoms with Crippen LogP contribution in [0.1, 0.15) is 51.5 Å². The van der Waals surface area contributed by atoms with Crippen LogP contribution >= 0.6 is 11.3 Å². The van der Waals surface area contributed by atoms with Crippen molar-refractivity contribution in [1.29, 1.82) is 0 Å². The molecule has 0 spiro atoms. The predicted octanol–water partition coefficient (Wildman–Crippen LogP) is 3.95. The number of rotatable bonds is 5. The molecule has 0 bridgehead atoms. The summed E-state index contributed by atoms with van der Waals surface area (Å²) in [5.74, 6) is -0.430. The summed E-state index contributed by atoms with van der Waals surface area (Å²) in [5.41, 5.74) is 0.956. The largest absolute Gasteiger partial charge is 0.453 e. The molecule has 3 atom stereocenters.